The van der Waals surface area contributed by atoms with Crippen LogP contribution >= 0.6 is 0 Å². The largest absolute Gasteiger partial charge is 0.508 e. The van der Waals surface area contributed by atoms with Gasteiger partial charge in [0, 0.05) is 80.3 Å². The van der Waals surface area contributed by atoms with E-state index in [0.717, 1.165) is 97.4 Å². The van der Waals surface area contributed by atoms with Gasteiger partial charge in [-0.2, -0.15) is 0 Å². The molecule has 0 saturated carbocycles. The van der Waals surface area contributed by atoms with Crippen LogP contribution in [0.3, 0.4) is 0 Å². The quantitative estimate of drug-likeness (QED) is 0.171. The lowest BCUT2D eigenvalue weighted by Crippen LogP contribution is -2.47. The zero-order chi connectivity index (χ0) is 36.5. The first-order valence-corrected chi connectivity index (χ1v) is 20.2. The fraction of sp³-hybridized carbons (Fsp3) is 0.310. The number of nitrogens with one attached hydrogen (secondary N) is 1. The van der Waals surface area contributed by atoms with Crippen molar-refractivity contribution in [3.8, 4) is 34.1 Å². The lowest BCUT2D eigenvalue weighted by Gasteiger charge is -2.36. The summed E-state index contributed by atoms with van der Waals surface area (Å²) in [6.07, 6.45) is 3.38. The second kappa shape index (κ2) is 14.7. The number of phenols is 1. The van der Waals surface area contributed by atoms with Gasteiger partial charge in [0.1, 0.15) is 29.6 Å². The average molecular weight is 733 g/mol. The number of fused-ring (bicyclic) bond motifs is 2. The maximum atomic E-state index is 13.1. The molecule has 3 aliphatic heterocycles. The number of ether oxygens (including phenoxy) is 2. The van der Waals surface area contributed by atoms with Gasteiger partial charge in [0.2, 0.25) is 0 Å². The molecule has 0 bridgehead atoms. The number of hydrogen-bond acceptors (Lipinski definition) is 9. The van der Waals surface area contributed by atoms with Crippen LogP contribution in [0.25, 0.3) is 21.9 Å². The van der Waals surface area contributed by atoms with E-state index in [9.17, 15) is 18.3 Å². The summed E-state index contributed by atoms with van der Waals surface area (Å²) in [5.74, 6) is 2.31. The Morgan fingerprint density at radius 1 is 0.849 bits per heavy atom. The molecule has 5 aromatic rings. The second-order valence-electron chi connectivity index (χ2n) is 14.2. The van der Waals surface area contributed by atoms with Crippen molar-refractivity contribution < 1.29 is 27.8 Å². The fourth-order valence-corrected chi connectivity index (χ4v) is 8.30. The predicted octanol–water partition coefficient (Wildman–Crippen LogP) is 6.32. The summed E-state index contributed by atoms with van der Waals surface area (Å²) in [5.41, 5.74) is 4.80. The summed E-state index contributed by atoms with van der Waals surface area (Å²) in [6.45, 7) is 7.73. The van der Waals surface area contributed by atoms with Gasteiger partial charge >= 0.3 is 0 Å². The average Bonchev–Trinajstić information content (AvgIpc) is 3.51. The lowest BCUT2D eigenvalue weighted by molar-refractivity contribution is 0.0674. The monoisotopic (exact) mass is 732 g/mol. The molecule has 3 aliphatic rings. The number of aromatic hydroxyl groups is 1. The third-order valence-electron chi connectivity index (χ3n) is 10.6. The van der Waals surface area contributed by atoms with E-state index in [1.54, 1.807) is 36.4 Å². The first kappa shape index (κ1) is 35.0. The van der Waals surface area contributed by atoms with Gasteiger partial charge in [-0.3, -0.25) is 9.69 Å². The number of carbonyl (C=O) groups excluding carboxylic acids is 1. The molecule has 11 heteroatoms. The van der Waals surface area contributed by atoms with E-state index in [4.69, 9.17) is 9.47 Å². The first-order chi connectivity index (χ1) is 25.7. The number of amides is 1. The van der Waals surface area contributed by atoms with Crippen LogP contribution in [0.5, 0.6) is 23.0 Å². The minimum Gasteiger partial charge on any atom is -0.508 e. The summed E-state index contributed by atoms with van der Waals surface area (Å²) in [6, 6.07) is 29.9. The van der Waals surface area contributed by atoms with Crippen LogP contribution in [-0.4, -0.2) is 93.9 Å². The Labute approximate surface area is 310 Å². The molecule has 5 aromatic carbocycles. The highest BCUT2D eigenvalue weighted by molar-refractivity contribution is 7.90. The highest BCUT2D eigenvalue weighted by Crippen LogP contribution is 2.41. The van der Waals surface area contributed by atoms with Gasteiger partial charge < -0.3 is 29.7 Å². The Kier molecular flexibility index (Phi) is 9.72. The second-order valence-corrected chi connectivity index (χ2v) is 16.2. The van der Waals surface area contributed by atoms with Crippen molar-refractivity contribution in [1.29, 1.82) is 0 Å². The van der Waals surface area contributed by atoms with Crippen LogP contribution in [0, 0.1) is 0 Å². The smallest absolute Gasteiger partial charge is 0.254 e. The van der Waals surface area contributed by atoms with Crippen LogP contribution < -0.4 is 19.7 Å². The highest BCUT2D eigenvalue weighted by atomic mass is 32.2. The highest BCUT2D eigenvalue weighted by Gasteiger charge is 2.34. The number of hydrogen-bond donors (Lipinski definition) is 2. The molecule has 1 unspecified atom stereocenters. The van der Waals surface area contributed by atoms with E-state index >= 15 is 0 Å². The molecule has 2 saturated heterocycles. The van der Waals surface area contributed by atoms with E-state index in [1.165, 1.54) is 11.9 Å². The molecule has 1 amide bonds. The molecule has 3 heterocycles. The summed E-state index contributed by atoms with van der Waals surface area (Å²) < 4.78 is 36.7. The summed E-state index contributed by atoms with van der Waals surface area (Å²) in [4.78, 5) is 20.2. The normalized spacial score (nSPS) is 18.0. The van der Waals surface area contributed by atoms with E-state index in [-0.39, 0.29) is 22.6 Å². The topological polar surface area (TPSA) is 112 Å². The van der Waals surface area contributed by atoms with Crippen molar-refractivity contribution in [3.05, 3.63) is 108 Å². The van der Waals surface area contributed by atoms with Crippen molar-refractivity contribution in [2.45, 2.75) is 30.3 Å². The number of piperazine rings is 1. The molecule has 10 nitrogen and oxygen atoms in total. The molecule has 274 valence electrons. The molecular formula is C42H44N4O6S. The van der Waals surface area contributed by atoms with Crippen molar-refractivity contribution in [3.63, 3.8) is 0 Å². The van der Waals surface area contributed by atoms with Crippen LogP contribution in [0.4, 0.5) is 5.69 Å². The van der Waals surface area contributed by atoms with Crippen LogP contribution in [-0.2, 0) is 16.4 Å². The minimum absolute atomic E-state index is 0.161. The van der Waals surface area contributed by atoms with E-state index in [2.05, 4.69) is 32.1 Å². The molecule has 0 aliphatic carbocycles. The zero-order valence-electron chi connectivity index (χ0n) is 29.8. The molecule has 0 aromatic heterocycles. The summed E-state index contributed by atoms with van der Waals surface area (Å²) in [7, 11) is -3.32. The summed E-state index contributed by atoms with van der Waals surface area (Å²) in [5, 5.41) is 15.2. The molecule has 0 spiro atoms. The van der Waals surface area contributed by atoms with Crippen molar-refractivity contribution in [1.82, 2.24) is 15.1 Å². The number of anilines is 1. The number of nitrogens with zero attached hydrogens (tertiary/aromatic N) is 3. The van der Waals surface area contributed by atoms with E-state index in [1.807, 2.05) is 48.5 Å². The van der Waals surface area contributed by atoms with Gasteiger partial charge in [0.25, 0.3) is 5.91 Å². The number of piperidine rings is 1. The van der Waals surface area contributed by atoms with Crippen molar-refractivity contribution >= 4 is 32.2 Å². The minimum atomic E-state index is -3.32. The van der Waals surface area contributed by atoms with E-state index in [0.29, 0.717) is 24.7 Å². The Hall–Kier alpha value is -5.10. The molecule has 8 rings (SSSR count). The molecule has 2 N–H and O–H groups in total. The van der Waals surface area contributed by atoms with Gasteiger partial charge in [-0.25, -0.2) is 8.42 Å². The van der Waals surface area contributed by atoms with Gasteiger partial charge in [-0.15, -0.1) is 0 Å². The number of sulfone groups is 1. The Morgan fingerprint density at radius 2 is 1.60 bits per heavy atom. The maximum absolute atomic E-state index is 13.1. The predicted molar refractivity (Wildman–Crippen MR) is 207 cm³/mol. The van der Waals surface area contributed by atoms with Gasteiger partial charge in [0.05, 0.1) is 4.90 Å². The van der Waals surface area contributed by atoms with Gasteiger partial charge in [-0.1, -0.05) is 18.2 Å². The number of phenolic OH excluding ortho intramolecular Hbond substituents is 1. The standard InChI is InChI=1S/C42H44N4O6S/c1-53(49,50)37-13-4-29(5-14-37)38-15-6-30-26-34(47)8-17-39(30)41(38)52-36-11-9-35(10-12-36)51-24-23-44-19-21-45(22-20-44)32-7-16-40-31(25-32)28-46(42(40)48)33-3-2-18-43-27-33/h4-17,25-26,33,43,47H,2-3,18-24,27-28H2,1H3. The SMILES string of the molecule is CS(=O)(=O)c1ccc(-c2ccc3cc(O)ccc3c2Oc2ccc(OCCN3CCN(c4ccc5c(c4)CN(C4CCCNC4)C5=O)CC3)cc2)cc1. The summed E-state index contributed by atoms with van der Waals surface area (Å²) >= 11 is 0. The fourth-order valence-electron chi connectivity index (χ4n) is 7.67. The third-order valence-corrected chi connectivity index (χ3v) is 11.8. The van der Waals surface area contributed by atoms with Crippen LogP contribution in [0.1, 0.15) is 28.8 Å². The molecule has 1 atom stereocenters. The third kappa shape index (κ3) is 7.55. The number of carbonyl (C=O) groups is 1. The van der Waals surface area contributed by atoms with Crippen molar-refractivity contribution in [2.75, 3.05) is 63.6 Å². The lowest BCUT2D eigenvalue weighted by atomic mass is 9.99. The number of benzene rings is 5. The van der Waals surface area contributed by atoms with E-state index < -0.39 is 9.84 Å². The Bertz CT molecular complexity index is 2230. The maximum Gasteiger partial charge on any atom is 0.254 e. The number of rotatable bonds is 10. The Balaban J connectivity index is 0.863. The zero-order valence-corrected chi connectivity index (χ0v) is 30.6. The molecule has 2 fully saturated rings. The Morgan fingerprint density at radius 3 is 2.34 bits per heavy atom. The van der Waals surface area contributed by atoms with Gasteiger partial charge in [-0.05, 0) is 115 Å². The van der Waals surface area contributed by atoms with Crippen molar-refractivity contribution in [2.24, 2.45) is 0 Å². The van der Waals surface area contributed by atoms with Crippen LogP contribution in [0.2, 0.25) is 0 Å². The molecule has 53 heavy (non-hydrogen) atoms. The first-order valence-electron chi connectivity index (χ1n) is 18.3. The molecular weight excluding hydrogens is 689 g/mol. The van der Waals surface area contributed by atoms with Crippen LogP contribution in [0.15, 0.2) is 102 Å². The van der Waals surface area contributed by atoms with Gasteiger partial charge in [0.15, 0.2) is 9.84 Å². The molecule has 0 radical (unpaired) electrons.